The number of hydrogen-bond acceptors (Lipinski definition) is 1. The van der Waals surface area contributed by atoms with Crippen LogP contribution in [0.4, 0.5) is 0 Å². The van der Waals surface area contributed by atoms with Gasteiger partial charge in [0, 0.05) is 0 Å². The van der Waals surface area contributed by atoms with Crippen LogP contribution < -0.4 is 0 Å². The summed E-state index contributed by atoms with van der Waals surface area (Å²) in [6.45, 7) is 3.75. The molecule has 10 heavy (non-hydrogen) atoms. The standard InChI is InChI=1S/C9H9N/c1-8-4-2-3-5-9(10)7-6-8/h2-7,10H,1H2. The predicted octanol–water partition coefficient (Wildman–Crippen LogP) is 2.24. The minimum Gasteiger partial charge on any atom is -0.301 e. The Morgan fingerprint density at radius 2 is 1.70 bits per heavy atom. The van der Waals surface area contributed by atoms with Gasteiger partial charge in [0.2, 0.25) is 0 Å². The molecule has 1 N–H and O–H groups in total. The highest BCUT2D eigenvalue weighted by Gasteiger charge is 1.85. The minimum atomic E-state index is 0.505. The zero-order valence-corrected chi connectivity index (χ0v) is 5.67. The first kappa shape index (κ1) is 6.75. The van der Waals surface area contributed by atoms with Crippen LogP contribution in [0.5, 0.6) is 0 Å². The maximum Gasteiger partial charge on any atom is 0.0540 e. The summed E-state index contributed by atoms with van der Waals surface area (Å²) in [4.78, 5) is 0. The number of hydrogen-bond donors (Lipinski definition) is 1. The molecule has 0 saturated heterocycles. The molecule has 0 radical (unpaired) electrons. The average molecular weight is 131 g/mol. The minimum absolute atomic E-state index is 0.505. The van der Waals surface area contributed by atoms with Gasteiger partial charge in [-0.05, 0) is 17.7 Å². The largest absolute Gasteiger partial charge is 0.301 e. The number of allylic oxidation sites excluding steroid dienone is 7. The van der Waals surface area contributed by atoms with Gasteiger partial charge in [-0.2, -0.15) is 0 Å². The molecular formula is C9H9N. The Hall–Kier alpha value is -1.37. The molecule has 50 valence electrons. The lowest BCUT2D eigenvalue weighted by molar-refractivity contribution is 1.53. The molecule has 1 nitrogen and oxygen atoms in total. The molecule has 0 fully saturated rings. The number of nitrogens with one attached hydrogen (secondary N) is 1. The van der Waals surface area contributed by atoms with E-state index in [4.69, 9.17) is 5.41 Å². The second-order valence-electron chi connectivity index (χ2n) is 2.08. The van der Waals surface area contributed by atoms with Crippen molar-refractivity contribution in [3.63, 3.8) is 0 Å². The van der Waals surface area contributed by atoms with Gasteiger partial charge in [0.1, 0.15) is 0 Å². The molecule has 0 amide bonds. The third kappa shape index (κ3) is 1.86. The second-order valence-corrected chi connectivity index (χ2v) is 2.08. The van der Waals surface area contributed by atoms with Gasteiger partial charge in [-0.25, -0.2) is 0 Å². The van der Waals surface area contributed by atoms with Gasteiger partial charge >= 0.3 is 0 Å². The molecule has 0 aromatic carbocycles. The molecule has 0 bridgehead atoms. The van der Waals surface area contributed by atoms with Crippen molar-refractivity contribution >= 4 is 5.71 Å². The molecule has 1 aliphatic carbocycles. The van der Waals surface area contributed by atoms with Crippen LogP contribution in [-0.4, -0.2) is 5.71 Å². The Morgan fingerprint density at radius 3 is 2.50 bits per heavy atom. The molecule has 1 rings (SSSR count). The van der Waals surface area contributed by atoms with Gasteiger partial charge in [0.25, 0.3) is 0 Å². The van der Waals surface area contributed by atoms with Crippen molar-refractivity contribution in [2.24, 2.45) is 0 Å². The van der Waals surface area contributed by atoms with Gasteiger partial charge < -0.3 is 5.41 Å². The van der Waals surface area contributed by atoms with Crippen molar-refractivity contribution in [2.45, 2.75) is 0 Å². The molecule has 0 aromatic rings. The molecule has 0 heterocycles. The van der Waals surface area contributed by atoms with Gasteiger partial charge in [-0.3, -0.25) is 0 Å². The van der Waals surface area contributed by atoms with Crippen molar-refractivity contribution in [1.82, 2.24) is 0 Å². The molecule has 1 heteroatoms. The lowest BCUT2D eigenvalue weighted by Gasteiger charge is -1.92. The Kier molecular flexibility index (Phi) is 2.00. The molecule has 0 atom stereocenters. The van der Waals surface area contributed by atoms with Crippen molar-refractivity contribution in [1.29, 1.82) is 5.41 Å². The fourth-order valence-electron chi connectivity index (χ4n) is 0.646. The molecule has 1 aliphatic rings. The fraction of sp³-hybridized carbons (Fsp3) is 0. The topological polar surface area (TPSA) is 23.9 Å². The summed E-state index contributed by atoms with van der Waals surface area (Å²) in [5.41, 5.74) is 1.43. The van der Waals surface area contributed by atoms with Crippen LogP contribution in [-0.2, 0) is 0 Å². The van der Waals surface area contributed by atoms with E-state index in [2.05, 4.69) is 6.58 Å². The highest BCUT2D eigenvalue weighted by molar-refractivity contribution is 6.02. The van der Waals surface area contributed by atoms with E-state index in [-0.39, 0.29) is 0 Å². The van der Waals surface area contributed by atoms with Crippen LogP contribution in [0, 0.1) is 5.41 Å². The van der Waals surface area contributed by atoms with Crippen LogP contribution in [0.25, 0.3) is 0 Å². The first-order valence-corrected chi connectivity index (χ1v) is 3.09. The van der Waals surface area contributed by atoms with Crippen molar-refractivity contribution in [3.05, 3.63) is 48.6 Å². The molecular weight excluding hydrogens is 122 g/mol. The predicted molar refractivity (Wildman–Crippen MR) is 44.3 cm³/mol. The Labute approximate surface area is 60.6 Å². The first-order chi connectivity index (χ1) is 4.79. The van der Waals surface area contributed by atoms with E-state index in [1.54, 1.807) is 12.2 Å². The van der Waals surface area contributed by atoms with Crippen LogP contribution in [0.2, 0.25) is 0 Å². The van der Waals surface area contributed by atoms with Crippen LogP contribution in [0.15, 0.2) is 48.6 Å². The molecule has 0 spiro atoms. The lowest BCUT2D eigenvalue weighted by atomic mass is 10.2. The van der Waals surface area contributed by atoms with E-state index in [0.717, 1.165) is 5.57 Å². The van der Waals surface area contributed by atoms with E-state index < -0.39 is 0 Å². The van der Waals surface area contributed by atoms with Crippen molar-refractivity contribution in [3.8, 4) is 0 Å². The summed E-state index contributed by atoms with van der Waals surface area (Å²) in [5.74, 6) is 0. The lowest BCUT2D eigenvalue weighted by Crippen LogP contribution is -1.84. The zero-order chi connectivity index (χ0) is 7.40. The maximum absolute atomic E-state index is 7.27. The Bertz CT molecular complexity index is 215. The van der Waals surface area contributed by atoms with Gasteiger partial charge in [-0.1, -0.05) is 30.9 Å². The SMILES string of the molecule is C=C1C=CC=CC(=N)C=C1. The summed E-state index contributed by atoms with van der Waals surface area (Å²) in [7, 11) is 0. The van der Waals surface area contributed by atoms with E-state index in [9.17, 15) is 0 Å². The quantitative estimate of drug-likeness (QED) is 0.521. The molecule has 0 unspecified atom stereocenters. The monoisotopic (exact) mass is 131 g/mol. The van der Waals surface area contributed by atoms with E-state index in [1.165, 1.54) is 0 Å². The van der Waals surface area contributed by atoms with Crippen LogP contribution >= 0.6 is 0 Å². The summed E-state index contributed by atoms with van der Waals surface area (Å²) in [6, 6.07) is 0. The first-order valence-electron chi connectivity index (χ1n) is 3.09. The third-order valence-corrected chi connectivity index (χ3v) is 1.17. The second kappa shape index (κ2) is 2.97. The van der Waals surface area contributed by atoms with Crippen molar-refractivity contribution in [2.75, 3.05) is 0 Å². The third-order valence-electron chi connectivity index (χ3n) is 1.17. The fourth-order valence-corrected chi connectivity index (χ4v) is 0.646. The summed E-state index contributed by atoms with van der Waals surface area (Å²) >= 11 is 0. The highest BCUT2D eigenvalue weighted by Crippen LogP contribution is 1.99. The normalized spacial score (nSPS) is 17.2. The average Bonchev–Trinajstić information content (AvgIpc) is 1.90. The molecule has 0 aromatic heterocycles. The van der Waals surface area contributed by atoms with E-state index in [0.29, 0.717) is 5.71 Å². The van der Waals surface area contributed by atoms with Gasteiger partial charge in [0.15, 0.2) is 0 Å². The summed E-state index contributed by atoms with van der Waals surface area (Å²) in [5, 5.41) is 7.27. The number of rotatable bonds is 0. The summed E-state index contributed by atoms with van der Waals surface area (Å²) < 4.78 is 0. The van der Waals surface area contributed by atoms with E-state index >= 15 is 0 Å². The zero-order valence-electron chi connectivity index (χ0n) is 5.67. The van der Waals surface area contributed by atoms with Crippen LogP contribution in [0.3, 0.4) is 0 Å². The summed E-state index contributed by atoms with van der Waals surface area (Å²) in [6.07, 6.45) is 10.9. The molecule has 0 saturated carbocycles. The van der Waals surface area contributed by atoms with Gasteiger partial charge in [0.05, 0.1) is 5.71 Å². The Balaban J connectivity index is 2.90. The van der Waals surface area contributed by atoms with Gasteiger partial charge in [-0.15, -0.1) is 0 Å². The maximum atomic E-state index is 7.27. The van der Waals surface area contributed by atoms with Crippen molar-refractivity contribution < 1.29 is 0 Å². The molecule has 0 aliphatic heterocycles. The Morgan fingerprint density at radius 1 is 1.00 bits per heavy atom. The van der Waals surface area contributed by atoms with E-state index in [1.807, 2.05) is 24.3 Å². The smallest absolute Gasteiger partial charge is 0.0540 e. The van der Waals surface area contributed by atoms with Crippen LogP contribution in [0.1, 0.15) is 0 Å². The highest BCUT2D eigenvalue weighted by atomic mass is 14.4.